The SMILES string of the molecule is CN(CC(=O)O)C(C(N)=S)c1ccc(C(C)(C)C)cc1. The largest absolute Gasteiger partial charge is 0.480 e. The molecule has 0 radical (unpaired) electrons. The van der Waals surface area contributed by atoms with Gasteiger partial charge < -0.3 is 10.8 Å². The second-order valence-corrected chi connectivity index (χ2v) is 6.46. The van der Waals surface area contributed by atoms with Crippen molar-refractivity contribution in [2.24, 2.45) is 5.73 Å². The molecule has 0 saturated heterocycles. The number of hydrogen-bond donors (Lipinski definition) is 2. The monoisotopic (exact) mass is 294 g/mol. The Balaban J connectivity index is 3.04. The highest BCUT2D eigenvalue weighted by Crippen LogP contribution is 2.26. The Labute approximate surface area is 125 Å². The number of nitrogens with two attached hydrogens (primary N) is 1. The van der Waals surface area contributed by atoms with Crippen molar-refractivity contribution in [3.63, 3.8) is 0 Å². The standard InChI is InChI=1S/C15H22N2O2S/c1-15(2,3)11-7-5-10(6-8-11)13(14(16)20)17(4)9-12(18)19/h5-8,13H,9H2,1-4H3,(H2,16,20)(H,18,19). The van der Waals surface area contributed by atoms with Gasteiger partial charge in [-0.1, -0.05) is 57.3 Å². The lowest BCUT2D eigenvalue weighted by molar-refractivity contribution is -0.138. The molecule has 0 heterocycles. The van der Waals surface area contributed by atoms with Crippen LogP contribution in [0.4, 0.5) is 0 Å². The normalized spacial score (nSPS) is 13.2. The van der Waals surface area contributed by atoms with Crippen molar-refractivity contribution < 1.29 is 9.90 Å². The van der Waals surface area contributed by atoms with Crippen LogP contribution in [0.3, 0.4) is 0 Å². The van der Waals surface area contributed by atoms with E-state index in [4.69, 9.17) is 23.1 Å². The Morgan fingerprint density at radius 3 is 2.20 bits per heavy atom. The lowest BCUT2D eigenvalue weighted by atomic mass is 9.86. The number of likely N-dealkylation sites (N-methyl/N-ethyl adjacent to an activating group) is 1. The molecule has 0 aliphatic rings. The molecular weight excluding hydrogens is 272 g/mol. The van der Waals surface area contributed by atoms with E-state index in [0.29, 0.717) is 0 Å². The highest BCUT2D eigenvalue weighted by atomic mass is 32.1. The van der Waals surface area contributed by atoms with Crippen LogP contribution >= 0.6 is 12.2 Å². The van der Waals surface area contributed by atoms with Crippen LogP contribution in [-0.4, -0.2) is 34.6 Å². The maximum absolute atomic E-state index is 10.8. The van der Waals surface area contributed by atoms with E-state index in [1.54, 1.807) is 11.9 Å². The summed E-state index contributed by atoms with van der Waals surface area (Å²) < 4.78 is 0. The quantitative estimate of drug-likeness (QED) is 0.816. The second kappa shape index (κ2) is 6.33. The van der Waals surface area contributed by atoms with Crippen molar-refractivity contribution in [1.29, 1.82) is 0 Å². The van der Waals surface area contributed by atoms with Crippen LogP contribution in [0.15, 0.2) is 24.3 Å². The number of carbonyl (C=O) groups is 1. The van der Waals surface area contributed by atoms with Crippen molar-refractivity contribution in [1.82, 2.24) is 4.90 Å². The zero-order valence-corrected chi connectivity index (χ0v) is 13.2. The van der Waals surface area contributed by atoms with Gasteiger partial charge in [0.25, 0.3) is 0 Å². The van der Waals surface area contributed by atoms with Crippen LogP contribution in [0.25, 0.3) is 0 Å². The molecule has 0 amide bonds. The van der Waals surface area contributed by atoms with Gasteiger partial charge in [0.2, 0.25) is 0 Å². The average Bonchev–Trinajstić information content (AvgIpc) is 2.26. The van der Waals surface area contributed by atoms with Gasteiger partial charge in [-0.3, -0.25) is 9.69 Å². The third-order valence-electron chi connectivity index (χ3n) is 3.19. The van der Waals surface area contributed by atoms with E-state index in [-0.39, 0.29) is 23.0 Å². The number of carboxylic acid groups (broad SMARTS) is 1. The molecule has 4 nitrogen and oxygen atoms in total. The molecule has 3 N–H and O–H groups in total. The molecule has 0 spiro atoms. The highest BCUT2D eigenvalue weighted by Gasteiger charge is 2.22. The van der Waals surface area contributed by atoms with Crippen molar-refractivity contribution in [3.8, 4) is 0 Å². The average molecular weight is 294 g/mol. The second-order valence-electron chi connectivity index (χ2n) is 5.99. The summed E-state index contributed by atoms with van der Waals surface area (Å²) >= 11 is 5.08. The van der Waals surface area contributed by atoms with E-state index < -0.39 is 5.97 Å². The van der Waals surface area contributed by atoms with E-state index in [1.165, 1.54) is 5.56 Å². The minimum absolute atomic E-state index is 0.0736. The first kappa shape index (κ1) is 16.6. The predicted octanol–water partition coefficient (Wildman–Crippen LogP) is 2.33. The fourth-order valence-corrected chi connectivity index (χ4v) is 2.42. The van der Waals surface area contributed by atoms with Crippen molar-refractivity contribution >= 4 is 23.2 Å². The maximum Gasteiger partial charge on any atom is 0.317 e. The molecule has 1 aromatic carbocycles. The number of nitrogens with zero attached hydrogens (tertiary/aromatic N) is 1. The van der Waals surface area contributed by atoms with Crippen molar-refractivity contribution in [2.75, 3.05) is 13.6 Å². The van der Waals surface area contributed by atoms with Gasteiger partial charge in [0, 0.05) is 0 Å². The van der Waals surface area contributed by atoms with Gasteiger partial charge in [-0.05, 0) is 23.6 Å². The fraction of sp³-hybridized carbons (Fsp3) is 0.467. The first-order valence-electron chi connectivity index (χ1n) is 6.44. The molecule has 0 fully saturated rings. The Morgan fingerprint density at radius 2 is 1.85 bits per heavy atom. The van der Waals surface area contributed by atoms with E-state index in [9.17, 15) is 4.79 Å². The van der Waals surface area contributed by atoms with Crippen LogP contribution in [-0.2, 0) is 10.2 Å². The topological polar surface area (TPSA) is 66.6 Å². The van der Waals surface area contributed by atoms with Gasteiger partial charge in [-0.25, -0.2) is 0 Å². The van der Waals surface area contributed by atoms with E-state index >= 15 is 0 Å². The van der Waals surface area contributed by atoms with Gasteiger partial charge in [0.15, 0.2) is 0 Å². The first-order chi connectivity index (χ1) is 9.12. The molecular formula is C15H22N2O2S. The molecule has 0 bridgehead atoms. The number of thiocarbonyl (C=S) groups is 1. The number of carboxylic acids is 1. The van der Waals surface area contributed by atoms with Gasteiger partial charge in [-0.2, -0.15) is 0 Å². The molecule has 110 valence electrons. The van der Waals surface area contributed by atoms with E-state index in [1.807, 2.05) is 24.3 Å². The molecule has 1 atom stereocenters. The van der Waals surface area contributed by atoms with Crippen LogP contribution in [0.1, 0.15) is 37.9 Å². The summed E-state index contributed by atoms with van der Waals surface area (Å²) in [5.74, 6) is -0.903. The van der Waals surface area contributed by atoms with Gasteiger partial charge in [0.05, 0.1) is 17.6 Å². The van der Waals surface area contributed by atoms with Gasteiger partial charge in [-0.15, -0.1) is 0 Å². The molecule has 0 aromatic heterocycles. The summed E-state index contributed by atoms with van der Waals surface area (Å²) in [4.78, 5) is 12.7. The zero-order chi connectivity index (χ0) is 15.5. The summed E-state index contributed by atoms with van der Waals surface area (Å²) in [7, 11) is 1.70. The lowest BCUT2D eigenvalue weighted by Gasteiger charge is -2.27. The minimum Gasteiger partial charge on any atom is -0.480 e. The summed E-state index contributed by atoms with van der Waals surface area (Å²) in [6.07, 6.45) is 0. The molecule has 1 unspecified atom stereocenters. The van der Waals surface area contributed by atoms with Crippen LogP contribution in [0, 0.1) is 0 Å². The highest BCUT2D eigenvalue weighted by molar-refractivity contribution is 7.80. The van der Waals surface area contributed by atoms with E-state index in [0.717, 1.165) is 5.56 Å². The zero-order valence-electron chi connectivity index (χ0n) is 12.4. The van der Waals surface area contributed by atoms with Crippen molar-refractivity contribution in [2.45, 2.75) is 32.2 Å². The minimum atomic E-state index is -0.903. The van der Waals surface area contributed by atoms with E-state index in [2.05, 4.69) is 20.8 Å². The fourth-order valence-electron chi connectivity index (χ4n) is 2.11. The third kappa shape index (κ3) is 4.28. The molecule has 1 rings (SSSR count). The third-order valence-corrected chi connectivity index (χ3v) is 3.41. The Bertz CT molecular complexity index is 492. The summed E-state index contributed by atoms with van der Waals surface area (Å²) in [5, 5.41) is 8.89. The van der Waals surface area contributed by atoms with Gasteiger partial charge >= 0.3 is 5.97 Å². The lowest BCUT2D eigenvalue weighted by Crippen LogP contribution is -2.37. The molecule has 1 aromatic rings. The predicted molar refractivity (Wildman–Crippen MR) is 84.9 cm³/mol. The van der Waals surface area contributed by atoms with Crippen LogP contribution in [0.2, 0.25) is 0 Å². The Kier molecular flexibility index (Phi) is 5.25. The van der Waals surface area contributed by atoms with Gasteiger partial charge in [0.1, 0.15) is 0 Å². The maximum atomic E-state index is 10.8. The number of rotatable bonds is 5. The van der Waals surface area contributed by atoms with Crippen LogP contribution in [0.5, 0.6) is 0 Å². The summed E-state index contributed by atoms with van der Waals surface area (Å²) in [5.41, 5.74) is 7.96. The van der Waals surface area contributed by atoms with Crippen molar-refractivity contribution in [3.05, 3.63) is 35.4 Å². The number of benzene rings is 1. The molecule has 5 heteroatoms. The Hall–Kier alpha value is -1.46. The smallest absolute Gasteiger partial charge is 0.317 e. The summed E-state index contributed by atoms with van der Waals surface area (Å²) in [6.45, 7) is 6.32. The molecule has 0 aliphatic carbocycles. The number of aliphatic carboxylic acids is 1. The first-order valence-corrected chi connectivity index (χ1v) is 6.85. The molecule has 0 aliphatic heterocycles. The molecule has 0 saturated carbocycles. The number of hydrogen-bond acceptors (Lipinski definition) is 3. The summed E-state index contributed by atoms with van der Waals surface area (Å²) in [6, 6.07) is 7.63. The molecule has 20 heavy (non-hydrogen) atoms. The Morgan fingerprint density at radius 1 is 1.35 bits per heavy atom. The van der Waals surface area contributed by atoms with Crippen LogP contribution < -0.4 is 5.73 Å².